The van der Waals surface area contributed by atoms with Gasteiger partial charge in [0.1, 0.15) is 0 Å². The fourth-order valence-corrected chi connectivity index (χ4v) is 1.36. The highest BCUT2D eigenvalue weighted by atomic mass is 19.4. The Labute approximate surface area is 104 Å². The van der Waals surface area contributed by atoms with Crippen LogP contribution in [0, 0.1) is 11.3 Å². The molecule has 1 aromatic rings. The molecule has 0 saturated heterocycles. The summed E-state index contributed by atoms with van der Waals surface area (Å²) in [6.45, 7) is -0.385. The van der Waals surface area contributed by atoms with E-state index in [1.807, 2.05) is 0 Å². The molecule has 0 amide bonds. The minimum atomic E-state index is -5.06. The van der Waals surface area contributed by atoms with Gasteiger partial charge < -0.3 is 10.5 Å². The van der Waals surface area contributed by atoms with Crippen molar-refractivity contribution in [1.82, 2.24) is 4.98 Å². The molecule has 0 unspecified atom stereocenters. The van der Waals surface area contributed by atoms with Gasteiger partial charge in [0.25, 0.3) is 6.43 Å². The minimum absolute atomic E-state index is 0.269. The van der Waals surface area contributed by atoms with Gasteiger partial charge in [-0.1, -0.05) is 0 Å². The third kappa shape index (κ3) is 4.03. The zero-order valence-electron chi connectivity index (χ0n) is 9.34. The molecular formula is C10H8F5N3O. The largest absolute Gasteiger partial charge is 0.573 e. The summed E-state index contributed by atoms with van der Waals surface area (Å²) in [5.41, 5.74) is 3.79. The highest BCUT2D eigenvalue weighted by Crippen LogP contribution is 2.31. The van der Waals surface area contributed by atoms with E-state index in [1.165, 1.54) is 0 Å². The van der Waals surface area contributed by atoms with Gasteiger partial charge in [0.15, 0.2) is 5.75 Å². The first-order chi connectivity index (χ1) is 8.78. The summed E-state index contributed by atoms with van der Waals surface area (Å²) in [6.07, 6.45) is -8.62. The molecular weight excluding hydrogens is 273 g/mol. The fourth-order valence-electron chi connectivity index (χ4n) is 1.36. The van der Waals surface area contributed by atoms with E-state index in [1.54, 1.807) is 6.07 Å². The van der Waals surface area contributed by atoms with Crippen molar-refractivity contribution in [3.63, 3.8) is 0 Å². The van der Waals surface area contributed by atoms with E-state index in [-0.39, 0.29) is 17.9 Å². The molecule has 0 spiro atoms. The molecule has 1 rings (SSSR count). The second kappa shape index (κ2) is 5.79. The van der Waals surface area contributed by atoms with E-state index in [0.29, 0.717) is 6.07 Å². The van der Waals surface area contributed by atoms with Crippen molar-refractivity contribution in [3.05, 3.63) is 23.0 Å². The van der Waals surface area contributed by atoms with Crippen LogP contribution in [0.2, 0.25) is 0 Å². The van der Waals surface area contributed by atoms with E-state index >= 15 is 0 Å². The Morgan fingerprint density at radius 1 is 1.37 bits per heavy atom. The third-order valence-electron chi connectivity index (χ3n) is 2.07. The zero-order chi connectivity index (χ0) is 14.6. The van der Waals surface area contributed by atoms with Crippen LogP contribution in [0.3, 0.4) is 0 Å². The SMILES string of the molecule is N#CCc1nc(CN)c(C(F)F)cc1OC(F)(F)F. The first-order valence-corrected chi connectivity index (χ1v) is 4.92. The number of pyridine rings is 1. The molecule has 0 radical (unpaired) electrons. The summed E-state index contributed by atoms with van der Waals surface area (Å²) in [7, 11) is 0. The molecule has 9 heteroatoms. The van der Waals surface area contributed by atoms with Crippen LogP contribution in [0.5, 0.6) is 5.75 Å². The lowest BCUT2D eigenvalue weighted by Crippen LogP contribution is -2.19. The smallest absolute Gasteiger partial charge is 0.404 e. The van der Waals surface area contributed by atoms with Crippen molar-refractivity contribution in [2.75, 3.05) is 0 Å². The van der Waals surface area contributed by atoms with Crippen LogP contribution in [0.15, 0.2) is 6.07 Å². The van der Waals surface area contributed by atoms with Crippen LogP contribution in [-0.4, -0.2) is 11.3 Å². The molecule has 0 bridgehead atoms. The van der Waals surface area contributed by atoms with Gasteiger partial charge in [-0.25, -0.2) is 8.78 Å². The molecule has 0 aliphatic carbocycles. The predicted molar refractivity (Wildman–Crippen MR) is 53.1 cm³/mol. The second-order valence-electron chi connectivity index (χ2n) is 3.36. The normalized spacial score (nSPS) is 11.5. The first-order valence-electron chi connectivity index (χ1n) is 4.92. The number of rotatable bonds is 4. The van der Waals surface area contributed by atoms with Crippen LogP contribution in [-0.2, 0) is 13.0 Å². The molecule has 1 aromatic heterocycles. The molecule has 0 saturated carbocycles. The molecule has 0 aromatic carbocycles. The Bertz CT molecular complexity index is 495. The number of alkyl halides is 5. The lowest BCUT2D eigenvalue weighted by Gasteiger charge is -2.15. The lowest BCUT2D eigenvalue weighted by molar-refractivity contribution is -0.275. The van der Waals surface area contributed by atoms with Gasteiger partial charge in [-0.3, -0.25) is 4.98 Å². The number of nitrogens with zero attached hydrogens (tertiary/aromatic N) is 2. The number of hydrogen-bond donors (Lipinski definition) is 1. The Kier molecular flexibility index (Phi) is 4.61. The maximum absolute atomic E-state index is 12.6. The van der Waals surface area contributed by atoms with E-state index in [4.69, 9.17) is 11.0 Å². The molecule has 0 fully saturated rings. The number of aromatic nitrogens is 1. The van der Waals surface area contributed by atoms with Gasteiger partial charge in [0.05, 0.1) is 23.9 Å². The topological polar surface area (TPSA) is 71.9 Å². The predicted octanol–water partition coefficient (Wildman–Crippen LogP) is 2.44. The maximum atomic E-state index is 12.6. The summed E-state index contributed by atoms with van der Waals surface area (Å²) >= 11 is 0. The summed E-state index contributed by atoms with van der Waals surface area (Å²) in [5.74, 6) is -0.915. The average Bonchev–Trinajstić information content (AvgIpc) is 2.28. The lowest BCUT2D eigenvalue weighted by atomic mass is 10.1. The fraction of sp³-hybridized carbons (Fsp3) is 0.400. The summed E-state index contributed by atoms with van der Waals surface area (Å²) < 4.78 is 65.3. The van der Waals surface area contributed by atoms with Gasteiger partial charge >= 0.3 is 6.36 Å². The van der Waals surface area contributed by atoms with Crippen LogP contribution >= 0.6 is 0 Å². The standard InChI is InChI=1S/C10H8F5N3O/c11-9(12)5-3-8(19-10(13,14)15)6(1-2-16)18-7(5)4-17/h3,9H,1,4,17H2. The van der Waals surface area contributed by atoms with Gasteiger partial charge in [-0.05, 0) is 6.07 Å². The molecule has 19 heavy (non-hydrogen) atoms. The Hall–Kier alpha value is -1.95. The Morgan fingerprint density at radius 3 is 2.42 bits per heavy atom. The van der Waals surface area contributed by atoms with Gasteiger partial charge in [-0.2, -0.15) is 5.26 Å². The molecule has 0 atom stereocenters. The molecule has 0 aliphatic heterocycles. The van der Waals surface area contributed by atoms with Gasteiger partial charge in [0.2, 0.25) is 0 Å². The van der Waals surface area contributed by atoms with Crippen molar-refractivity contribution >= 4 is 0 Å². The molecule has 104 valence electrons. The van der Waals surface area contributed by atoms with Crippen LogP contribution in [0.25, 0.3) is 0 Å². The number of ether oxygens (including phenoxy) is 1. The van der Waals surface area contributed by atoms with Crippen molar-refractivity contribution in [1.29, 1.82) is 5.26 Å². The molecule has 4 nitrogen and oxygen atoms in total. The Balaban J connectivity index is 3.33. The van der Waals surface area contributed by atoms with Gasteiger partial charge in [-0.15, -0.1) is 13.2 Å². The van der Waals surface area contributed by atoms with Crippen LogP contribution < -0.4 is 10.5 Å². The van der Waals surface area contributed by atoms with Crippen LogP contribution in [0.1, 0.15) is 23.4 Å². The highest BCUT2D eigenvalue weighted by molar-refractivity contribution is 5.38. The monoisotopic (exact) mass is 281 g/mol. The summed E-state index contributed by atoms with van der Waals surface area (Å²) in [5, 5.41) is 8.48. The van der Waals surface area contributed by atoms with Gasteiger partial charge in [0, 0.05) is 12.1 Å². The van der Waals surface area contributed by atoms with Crippen molar-refractivity contribution < 1.29 is 26.7 Å². The number of nitrogens with two attached hydrogens (primary N) is 1. The Morgan fingerprint density at radius 2 is 2.00 bits per heavy atom. The van der Waals surface area contributed by atoms with Crippen LogP contribution in [0.4, 0.5) is 22.0 Å². The van der Waals surface area contributed by atoms with E-state index in [0.717, 1.165) is 0 Å². The molecule has 2 N–H and O–H groups in total. The summed E-state index contributed by atoms with van der Waals surface area (Å²) in [4.78, 5) is 3.53. The molecule has 0 aliphatic rings. The zero-order valence-corrected chi connectivity index (χ0v) is 9.34. The van der Waals surface area contributed by atoms with Crippen molar-refractivity contribution in [2.45, 2.75) is 25.8 Å². The van der Waals surface area contributed by atoms with Crippen molar-refractivity contribution in [2.24, 2.45) is 5.73 Å². The van der Waals surface area contributed by atoms with E-state index < -0.39 is 30.5 Å². The number of nitriles is 1. The highest BCUT2D eigenvalue weighted by Gasteiger charge is 2.33. The number of hydrogen-bond acceptors (Lipinski definition) is 4. The first kappa shape index (κ1) is 15.1. The summed E-state index contributed by atoms with van der Waals surface area (Å²) in [6, 6.07) is 2.09. The molecule has 1 heterocycles. The third-order valence-corrected chi connectivity index (χ3v) is 2.07. The number of halogens is 5. The average molecular weight is 281 g/mol. The minimum Gasteiger partial charge on any atom is -0.404 e. The van der Waals surface area contributed by atoms with E-state index in [2.05, 4.69) is 9.72 Å². The maximum Gasteiger partial charge on any atom is 0.573 e. The van der Waals surface area contributed by atoms with Crippen molar-refractivity contribution in [3.8, 4) is 11.8 Å². The second-order valence-corrected chi connectivity index (χ2v) is 3.36. The quantitative estimate of drug-likeness (QED) is 0.860. The van der Waals surface area contributed by atoms with E-state index in [9.17, 15) is 22.0 Å².